The number of hydrogen-bond donors (Lipinski definition) is 0. The lowest BCUT2D eigenvalue weighted by molar-refractivity contribution is -0.133. The van der Waals surface area contributed by atoms with Crippen LogP contribution >= 0.6 is 0 Å². The van der Waals surface area contributed by atoms with Crippen molar-refractivity contribution in [2.75, 3.05) is 26.2 Å². The van der Waals surface area contributed by atoms with E-state index in [9.17, 15) is 4.79 Å². The second-order valence-corrected chi connectivity index (χ2v) is 7.84. The molecule has 2 aliphatic heterocycles. The molecule has 3 fully saturated rings. The molecule has 0 bridgehead atoms. The van der Waals surface area contributed by atoms with Crippen molar-refractivity contribution in [2.24, 2.45) is 5.92 Å². The first-order valence-electron chi connectivity index (χ1n) is 9.88. The predicted octanol–water partition coefficient (Wildman–Crippen LogP) is 3.44. The summed E-state index contributed by atoms with van der Waals surface area (Å²) in [7, 11) is 0. The summed E-state index contributed by atoms with van der Waals surface area (Å²) in [5.41, 5.74) is 2.85. The fraction of sp³-hybridized carbons (Fsp3) is 0.667. The summed E-state index contributed by atoms with van der Waals surface area (Å²) < 4.78 is 0. The van der Waals surface area contributed by atoms with Crippen LogP contribution in [0.5, 0.6) is 0 Å². The maximum atomic E-state index is 13.1. The van der Waals surface area contributed by atoms with Crippen molar-refractivity contribution in [1.29, 1.82) is 0 Å². The third-order valence-electron chi connectivity index (χ3n) is 6.27. The smallest absolute Gasteiger partial charge is 0.226 e. The molecule has 1 aromatic carbocycles. The van der Waals surface area contributed by atoms with Gasteiger partial charge in [0.1, 0.15) is 0 Å². The SMILES string of the molecule is CCc1ccccc1[C@@H]1C[C@H]1C(=O)N1CCCC1CN1CCCC1. The zero-order valence-electron chi connectivity index (χ0n) is 14.9. The highest BCUT2D eigenvalue weighted by atomic mass is 16.2. The Morgan fingerprint density at radius 3 is 2.71 bits per heavy atom. The fourth-order valence-corrected chi connectivity index (χ4v) is 4.82. The number of aryl methyl sites for hydroxylation is 1. The molecule has 0 aromatic heterocycles. The van der Waals surface area contributed by atoms with Crippen molar-refractivity contribution >= 4 is 5.91 Å². The van der Waals surface area contributed by atoms with Crippen LogP contribution in [0.2, 0.25) is 0 Å². The van der Waals surface area contributed by atoms with Crippen LogP contribution in [-0.2, 0) is 11.2 Å². The molecule has 3 aliphatic rings. The minimum Gasteiger partial charge on any atom is -0.338 e. The molecule has 1 saturated carbocycles. The van der Waals surface area contributed by atoms with Crippen LogP contribution in [0.1, 0.15) is 56.1 Å². The molecule has 3 atom stereocenters. The van der Waals surface area contributed by atoms with E-state index < -0.39 is 0 Å². The van der Waals surface area contributed by atoms with Gasteiger partial charge >= 0.3 is 0 Å². The van der Waals surface area contributed by atoms with Gasteiger partial charge in [0, 0.05) is 25.0 Å². The maximum Gasteiger partial charge on any atom is 0.226 e. The highest BCUT2D eigenvalue weighted by Gasteiger charge is 2.48. The van der Waals surface area contributed by atoms with Crippen LogP contribution in [-0.4, -0.2) is 47.9 Å². The Balaban J connectivity index is 1.40. The summed E-state index contributed by atoms with van der Waals surface area (Å²) in [5, 5.41) is 0. The Hall–Kier alpha value is -1.35. The lowest BCUT2D eigenvalue weighted by atomic mass is 10.00. The maximum absolute atomic E-state index is 13.1. The van der Waals surface area contributed by atoms with Crippen molar-refractivity contribution < 1.29 is 4.79 Å². The molecule has 2 saturated heterocycles. The first-order valence-corrected chi connectivity index (χ1v) is 9.88. The molecule has 1 unspecified atom stereocenters. The average molecular weight is 326 g/mol. The van der Waals surface area contributed by atoms with Crippen molar-refractivity contribution in [2.45, 2.75) is 57.4 Å². The van der Waals surface area contributed by atoms with Crippen LogP contribution in [0.3, 0.4) is 0 Å². The number of carbonyl (C=O) groups is 1. The van der Waals surface area contributed by atoms with Crippen LogP contribution in [0.4, 0.5) is 0 Å². The summed E-state index contributed by atoms with van der Waals surface area (Å²) in [6.07, 6.45) is 7.17. The van der Waals surface area contributed by atoms with Crippen molar-refractivity contribution in [3.05, 3.63) is 35.4 Å². The summed E-state index contributed by atoms with van der Waals surface area (Å²) in [4.78, 5) is 17.9. The van der Waals surface area contributed by atoms with Crippen molar-refractivity contribution in [1.82, 2.24) is 9.80 Å². The van der Waals surface area contributed by atoms with Gasteiger partial charge in [0.15, 0.2) is 0 Å². The van der Waals surface area contributed by atoms with Crippen LogP contribution in [0.15, 0.2) is 24.3 Å². The van der Waals surface area contributed by atoms with E-state index in [0.717, 1.165) is 25.9 Å². The average Bonchev–Trinajstić information content (AvgIpc) is 3.00. The van der Waals surface area contributed by atoms with E-state index in [1.165, 1.54) is 49.9 Å². The van der Waals surface area contributed by atoms with Gasteiger partial charge in [0.25, 0.3) is 0 Å². The molecule has 0 N–H and O–H groups in total. The Bertz CT molecular complexity index is 593. The van der Waals surface area contributed by atoms with Gasteiger partial charge in [-0.3, -0.25) is 4.79 Å². The van der Waals surface area contributed by atoms with Gasteiger partial charge in [-0.25, -0.2) is 0 Å². The monoisotopic (exact) mass is 326 g/mol. The van der Waals surface area contributed by atoms with E-state index in [2.05, 4.69) is 41.0 Å². The normalized spacial score (nSPS) is 30.0. The first-order chi connectivity index (χ1) is 11.8. The molecule has 2 heterocycles. The van der Waals surface area contributed by atoms with Gasteiger partial charge in [-0.1, -0.05) is 31.2 Å². The summed E-state index contributed by atoms with van der Waals surface area (Å²) in [6, 6.07) is 9.18. The third kappa shape index (κ3) is 3.11. The summed E-state index contributed by atoms with van der Waals surface area (Å²) >= 11 is 0. The molecule has 1 amide bonds. The number of benzene rings is 1. The molecule has 3 nitrogen and oxygen atoms in total. The summed E-state index contributed by atoms with van der Waals surface area (Å²) in [6.45, 7) is 6.76. The Kier molecular flexibility index (Phi) is 4.62. The molecule has 3 heteroatoms. The Labute approximate surface area is 146 Å². The van der Waals surface area contributed by atoms with Gasteiger partial charge < -0.3 is 9.80 Å². The molecule has 0 radical (unpaired) electrons. The molecular formula is C21H30N2O. The number of carbonyl (C=O) groups excluding carboxylic acids is 1. The Morgan fingerprint density at radius 1 is 1.12 bits per heavy atom. The van der Waals surface area contributed by atoms with Gasteiger partial charge in [0.05, 0.1) is 0 Å². The van der Waals surface area contributed by atoms with E-state index in [0.29, 0.717) is 17.9 Å². The minimum atomic E-state index is 0.247. The lowest BCUT2D eigenvalue weighted by Crippen LogP contribution is -2.43. The number of hydrogen-bond acceptors (Lipinski definition) is 2. The molecule has 1 aliphatic carbocycles. The van der Waals surface area contributed by atoms with E-state index >= 15 is 0 Å². The minimum absolute atomic E-state index is 0.247. The van der Waals surface area contributed by atoms with Crippen LogP contribution in [0.25, 0.3) is 0 Å². The number of amides is 1. The van der Waals surface area contributed by atoms with Crippen LogP contribution < -0.4 is 0 Å². The largest absolute Gasteiger partial charge is 0.338 e. The summed E-state index contributed by atoms with van der Waals surface area (Å²) in [5.74, 6) is 1.16. The zero-order valence-corrected chi connectivity index (χ0v) is 14.9. The van der Waals surface area contributed by atoms with Gasteiger partial charge in [-0.05, 0) is 68.7 Å². The van der Waals surface area contributed by atoms with E-state index in [1.54, 1.807) is 0 Å². The van der Waals surface area contributed by atoms with Gasteiger partial charge in [0.2, 0.25) is 5.91 Å². The van der Waals surface area contributed by atoms with Crippen molar-refractivity contribution in [3.63, 3.8) is 0 Å². The van der Waals surface area contributed by atoms with Crippen molar-refractivity contribution in [3.8, 4) is 0 Å². The van der Waals surface area contributed by atoms with E-state index in [1.807, 2.05) is 0 Å². The number of nitrogens with zero attached hydrogens (tertiary/aromatic N) is 2. The third-order valence-corrected chi connectivity index (χ3v) is 6.27. The second-order valence-electron chi connectivity index (χ2n) is 7.84. The van der Waals surface area contributed by atoms with E-state index in [4.69, 9.17) is 0 Å². The number of rotatable bonds is 5. The standard InChI is InChI=1S/C21H30N2O/c1-2-16-8-3-4-10-18(16)19-14-20(19)21(24)23-13-7-9-17(23)15-22-11-5-6-12-22/h3-4,8,10,17,19-20H,2,5-7,9,11-15H2,1H3/t17?,19-,20+/m0/s1. The number of likely N-dealkylation sites (tertiary alicyclic amines) is 2. The molecule has 130 valence electrons. The molecule has 24 heavy (non-hydrogen) atoms. The van der Waals surface area contributed by atoms with Crippen LogP contribution in [0, 0.1) is 5.92 Å². The highest BCUT2D eigenvalue weighted by molar-refractivity contribution is 5.83. The quantitative estimate of drug-likeness (QED) is 0.827. The molecular weight excluding hydrogens is 296 g/mol. The predicted molar refractivity (Wildman–Crippen MR) is 97.1 cm³/mol. The Morgan fingerprint density at radius 2 is 1.92 bits per heavy atom. The topological polar surface area (TPSA) is 23.6 Å². The highest BCUT2D eigenvalue weighted by Crippen LogP contribution is 2.50. The molecule has 4 rings (SSSR count). The lowest BCUT2D eigenvalue weighted by Gasteiger charge is -2.29. The van der Waals surface area contributed by atoms with Gasteiger partial charge in [-0.15, -0.1) is 0 Å². The molecule has 1 aromatic rings. The van der Waals surface area contributed by atoms with Gasteiger partial charge in [-0.2, -0.15) is 0 Å². The zero-order chi connectivity index (χ0) is 16.5. The second kappa shape index (κ2) is 6.87. The van der Waals surface area contributed by atoms with E-state index in [-0.39, 0.29) is 5.92 Å². The fourth-order valence-electron chi connectivity index (χ4n) is 4.82. The first kappa shape index (κ1) is 16.1. The molecule has 0 spiro atoms.